The van der Waals surface area contributed by atoms with E-state index in [-0.39, 0.29) is 43.3 Å². The molecule has 0 aliphatic heterocycles. The van der Waals surface area contributed by atoms with Crippen LogP contribution in [0.3, 0.4) is 0 Å². The number of carbonyl (C=O) groups excluding carboxylic acids is 1. The number of carboxylic acid groups (broad SMARTS) is 1. The molecule has 6 rings (SSSR count). The quantitative estimate of drug-likeness (QED) is 0.159. The molecule has 48 heavy (non-hydrogen) atoms. The maximum absolute atomic E-state index is 11.6. The second kappa shape index (κ2) is 17.7. The molecule has 0 saturated carbocycles. The van der Waals surface area contributed by atoms with Crippen molar-refractivity contribution in [2.75, 3.05) is 7.11 Å². The standard InChI is InChI=1S/C18H13N3O2.C17H11N3O2.CH4.Li.H2O/c1-19-16-10-14-7-12(3-4-17(14)21-11-16)8-15-9-13(5-6-20-15)18(22)23-2;1-18-15-9-13-6-11(2-3-16(13)20-10-15)7-14-8-12(17(21)22)4-5-19-14;;;/h3-7,9-11H,8H2,2H3;2-6,8-10H,7H2,(H,21,22);1H4;;1H2/q;;;+1;/p-1. The van der Waals surface area contributed by atoms with Crippen molar-refractivity contribution in [1.82, 2.24) is 19.9 Å². The molecule has 2 N–H and O–H groups in total. The minimum absolute atomic E-state index is 0. The molecular formula is C36H29LiN6O5. The van der Waals surface area contributed by atoms with Crippen molar-refractivity contribution in [3.63, 3.8) is 0 Å². The Kier molecular flexibility index (Phi) is 14.1. The number of ether oxygens (including phenoxy) is 1. The molecule has 2 aromatic carbocycles. The number of aromatic carboxylic acids is 1. The second-order valence-corrected chi connectivity index (χ2v) is 9.89. The average Bonchev–Trinajstić information content (AvgIpc) is 3.07. The summed E-state index contributed by atoms with van der Waals surface area (Å²) in [6.07, 6.45) is 7.32. The Morgan fingerprint density at radius 1 is 0.708 bits per heavy atom. The summed E-state index contributed by atoms with van der Waals surface area (Å²) >= 11 is 0. The van der Waals surface area contributed by atoms with Crippen LogP contribution in [-0.2, 0) is 17.6 Å². The zero-order valence-corrected chi connectivity index (χ0v) is 25.5. The number of aromatic nitrogens is 4. The van der Waals surface area contributed by atoms with Gasteiger partial charge in [0, 0.05) is 49.0 Å². The Bertz CT molecular complexity index is 2160. The molecule has 0 bridgehead atoms. The first kappa shape index (κ1) is 38.2. The van der Waals surface area contributed by atoms with Crippen molar-refractivity contribution in [3.05, 3.63) is 154 Å². The summed E-state index contributed by atoms with van der Waals surface area (Å²) in [6, 6.07) is 21.7. The van der Waals surface area contributed by atoms with Gasteiger partial charge in [0.1, 0.15) is 0 Å². The zero-order chi connectivity index (χ0) is 31.8. The van der Waals surface area contributed by atoms with Crippen LogP contribution in [0, 0.1) is 13.1 Å². The summed E-state index contributed by atoms with van der Waals surface area (Å²) in [5.41, 5.74) is 6.88. The van der Waals surface area contributed by atoms with Gasteiger partial charge in [-0.1, -0.05) is 31.7 Å². The van der Waals surface area contributed by atoms with Crippen LogP contribution in [0.2, 0.25) is 0 Å². The molecule has 11 nitrogen and oxygen atoms in total. The molecule has 0 spiro atoms. The summed E-state index contributed by atoms with van der Waals surface area (Å²) in [6.45, 7) is 14.1. The van der Waals surface area contributed by atoms with Crippen molar-refractivity contribution in [1.29, 1.82) is 0 Å². The largest absolute Gasteiger partial charge is 1.00 e. The Hall–Kier alpha value is -5.96. The third-order valence-electron chi connectivity index (χ3n) is 6.79. The van der Waals surface area contributed by atoms with E-state index in [1.807, 2.05) is 42.5 Å². The summed E-state index contributed by atoms with van der Waals surface area (Å²) in [5.74, 6) is -1.34. The van der Waals surface area contributed by atoms with Crippen molar-refractivity contribution in [2.45, 2.75) is 20.3 Å². The average molecular weight is 633 g/mol. The monoisotopic (exact) mass is 632 g/mol. The van der Waals surface area contributed by atoms with Crippen LogP contribution in [0.15, 0.2) is 97.6 Å². The molecule has 0 unspecified atom stereocenters. The number of carbonyl (C=O) groups is 2. The van der Waals surface area contributed by atoms with Crippen molar-refractivity contribution in [2.24, 2.45) is 0 Å². The molecule has 0 saturated heterocycles. The molecule has 12 heteroatoms. The number of benzene rings is 2. The van der Waals surface area contributed by atoms with E-state index in [4.69, 9.17) is 23.0 Å². The molecule has 4 heterocycles. The maximum Gasteiger partial charge on any atom is 1.00 e. The fourth-order valence-corrected chi connectivity index (χ4v) is 4.63. The van der Waals surface area contributed by atoms with Crippen molar-refractivity contribution >= 4 is 45.1 Å². The molecule has 4 aromatic heterocycles. The van der Waals surface area contributed by atoms with Crippen LogP contribution in [0.5, 0.6) is 0 Å². The van der Waals surface area contributed by atoms with Gasteiger partial charge in [0.2, 0.25) is 11.4 Å². The first-order chi connectivity index (χ1) is 21.8. The number of esters is 1. The van der Waals surface area contributed by atoms with Crippen LogP contribution < -0.4 is 18.9 Å². The van der Waals surface area contributed by atoms with Gasteiger partial charge in [-0.3, -0.25) is 19.9 Å². The van der Waals surface area contributed by atoms with E-state index in [0.29, 0.717) is 35.5 Å². The summed E-state index contributed by atoms with van der Waals surface area (Å²) in [7, 11) is 1.35. The number of rotatable bonds is 6. The van der Waals surface area contributed by atoms with Crippen LogP contribution in [-0.4, -0.2) is 49.6 Å². The van der Waals surface area contributed by atoms with Crippen LogP contribution in [0.1, 0.15) is 50.7 Å². The molecule has 0 fully saturated rings. The third kappa shape index (κ3) is 9.52. The van der Waals surface area contributed by atoms with E-state index in [2.05, 4.69) is 29.6 Å². The molecule has 0 aliphatic rings. The fraction of sp³-hybridized carbons (Fsp3) is 0.111. The van der Waals surface area contributed by atoms with E-state index in [1.54, 1.807) is 42.9 Å². The van der Waals surface area contributed by atoms with Gasteiger partial charge < -0.3 is 15.3 Å². The van der Waals surface area contributed by atoms with Gasteiger partial charge in [-0.05, 0) is 70.4 Å². The predicted octanol–water partition coefficient (Wildman–Crippen LogP) is 4.49. The zero-order valence-electron chi connectivity index (χ0n) is 25.5. The number of fused-ring (bicyclic) bond motifs is 2. The molecule has 0 radical (unpaired) electrons. The normalized spacial score (nSPS) is 9.65. The fourth-order valence-electron chi connectivity index (χ4n) is 4.63. The van der Waals surface area contributed by atoms with Gasteiger partial charge in [0.05, 0.1) is 42.4 Å². The van der Waals surface area contributed by atoms with E-state index in [1.165, 1.54) is 19.4 Å². The number of methoxy groups -OCH3 is 1. The number of carboxylic acids is 1. The van der Waals surface area contributed by atoms with Gasteiger partial charge in [-0.2, -0.15) is 0 Å². The van der Waals surface area contributed by atoms with Crippen molar-refractivity contribution < 1.29 is 43.8 Å². The van der Waals surface area contributed by atoms with E-state index in [0.717, 1.165) is 38.6 Å². The van der Waals surface area contributed by atoms with Gasteiger partial charge in [0.25, 0.3) is 0 Å². The topological polar surface area (TPSA) is 154 Å². The molecule has 0 atom stereocenters. The Morgan fingerprint density at radius 2 is 1.17 bits per heavy atom. The second-order valence-electron chi connectivity index (χ2n) is 9.89. The maximum atomic E-state index is 11.6. The Labute approximate surface area is 289 Å². The molecule has 0 amide bonds. The smallest absolute Gasteiger partial charge is 0.870 e. The van der Waals surface area contributed by atoms with E-state index >= 15 is 0 Å². The number of hydrogen-bond donors (Lipinski definition) is 1. The minimum atomic E-state index is -0.965. The Balaban J connectivity index is 0.000000314. The third-order valence-corrected chi connectivity index (χ3v) is 6.79. The first-order valence-electron chi connectivity index (χ1n) is 13.6. The molecule has 234 valence electrons. The summed E-state index contributed by atoms with van der Waals surface area (Å²) in [5, 5.41) is 10.8. The molecule has 6 aromatic rings. The van der Waals surface area contributed by atoms with Gasteiger partial charge in [-0.25, -0.2) is 19.3 Å². The SMILES string of the molecule is C.[C-]#[N+]c1cnc2ccc(Cc3cc(C(=O)O)ccn3)cc2c1.[C-]#[N+]c1cnc2ccc(Cc3cc(C(=O)OC)ccn3)cc2c1.[Li+].[OH-]. The molecular weight excluding hydrogens is 603 g/mol. The van der Waals surface area contributed by atoms with Gasteiger partial charge in [0.15, 0.2) is 0 Å². The Morgan fingerprint density at radius 3 is 1.60 bits per heavy atom. The first-order valence-corrected chi connectivity index (χ1v) is 13.6. The molecule has 0 aliphatic carbocycles. The summed E-state index contributed by atoms with van der Waals surface area (Å²) in [4.78, 5) is 46.3. The predicted molar refractivity (Wildman–Crippen MR) is 177 cm³/mol. The van der Waals surface area contributed by atoms with Crippen LogP contribution in [0.25, 0.3) is 31.5 Å². The van der Waals surface area contributed by atoms with Gasteiger partial charge >= 0.3 is 30.8 Å². The van der Waals surface area contributed by atoms with E-state index in [9.17, 15) is 9.59 Å². The summed E-state index contributed by atoms with van der Waals surface area (Å²) < 4.78 is 4.72. The van der Waals surface area contributed by atoms with Crippen LogP contribution >= 0.6 is 0 Å². The van der Waals surface area contributed by atoms with Crippen LogP contribution in [0.4, 0.5) is 11.4 Å². The van der Waals surface area contributed by atoms with E-state index < -0.39 is 5.97 Å². The van der Waals surface area contributed by atoms with Crippen molar-refractivity contribution in [3.8, 4) is 0 Å². The number of nitrogens with zero attached hydrogens (tertiary/aromatic N) is 6. The minimum Gasteiger partial charge on any atom is -0.870 e. The van der Waals surface area contributed by atoms with Gasteiger partial charge in [-0.15, -0.1) is 0 Å². The number of hydrogen-bond acceptors (Lipinski definition) is 8. The number of pyridine rings is 4.